The molecule has 26 heavy (non-hydrogen) atoms. The van der Waals surface area contributed by atoms with Crippen LogP contribution in [-0.4, -0.2) is 29.3 Å². The van der Waals surface area contributed by atoms with Gasteiger partial charge in [-0.3, -0.25) is 14.5 Å². The van der Waals surface area contributed by atoms with Gasteiger partial charge in [-0.1, -0.05) is 6.07 Å². The van der Waals surface area contributed by atoms with Gasteiger partial charge >= 0.3 is 0 Å². The molecule has 2 amide bonds. The second kappa shape index (κ2) is 7.13. The molecule has 4 rings (SSSR count). The molecule has 1 aliphatic heterocycles. The molecular weight excluding hydrogens is 366 g/mol. The van der Waals surface area contributed by atoms with Crippen molar-refractivity contribution < 1.29 is 9.59 Å². The molecule has 7 heteroatoms. The third-order valence-corrected chi connectivity index (χ3v) is 7.63. The highest BCUT2D eigenvalue weighted by Crippen LogP contribution is 2.40. The summed E-state index contributed by atoms with van der Waals surface area (Å²) in [4.78, 5) is 29.6. The minimum absolute atomic E-state index is 0.0594. The molecule has 3 heterocycles. The Morgan fingerprint density at radius 3 is 2.92 bits per heavy atom. The van der Waals surface area contributed by atoms with Gasteiger partial charge in [-0.05, 0) is 62.6 Å². The molecule has 2 atom stereocenters. The van der Waals surface area contributed by atoms with Crippen LogP contribution in [0.5, 0.6) is 0 Å². The molecule has 1 fully saturated rings. The molecule has 0 bridgehead atoms. The van der Waals surface area contributed by atoms with Crippen LogP contribution in [0.1, 0.15) is 57.9 Å². The molecule has 0 saturated carbocycles. The number of hydrogen-bond donors (Lipinski definition) is 2. The number of primary amides is 1. The molecule has 3 N–H and O–H groups in total. The Labute approximate surface area is 161 Å². The minimum Gasteiger partial charge on any atom is -0.365 e. The number of nitrogens with two attached hydrogens (primary N) is 1. The molecule has 2 aromatic rings. The van der Waals surface area contributed by atoms with Crippen LogP contribution in [0.15, 0.2) is 17.5 Å². The number of carbonyl (C=O) groups is 2. The fraction of sp³-hybridized carbons (Fsp3) is 0.474. The molecular formula is C19H23N3O2S2. The SMILES string of the molecule is C[C@@H](C(=O)Nc1sc2c(c1C(N)=O)CCC2)N1CCC[C@H]1c1cccs1. The Morgan fingerprint density at radius 2 is 2.19 bits per heavy atom. The van der Waals surface area contributed by atoms with Crippen LogP contribution < -0.4 is 11.1 Å². The highest BCUT2D eigenvalue weighted by Gasteiger charge is 2.34. The Balaban J connectivity index is 1.53. The molecule has 2 aromatic heterocycles. The van der Waals surface area contributed by atoms with Crippen molar-refractivity contribution in [3.8, 4) is 0 Å². The maximum atomic E-state index is 12.9. The van der Waals surface area contributed by atoms with E-state index in [9.17, 15) is 9.59 Å². The summed E-state index contributed by atoms with van der Waals surface area (Å²) in [6.45, 7) is 2.87. The van der Waals surface area contributed by atoms with E-state index in [-0.39, 0.29) is 11.9 Å². The van der Waals surface area contributed by atoms with E-state index in [0.717, 1.165) is 44.2 Å². The van der Waals surface area contributed by atoms with Gasteiger partial charge < -0.3 is 11.1 Å². The molecule has 1 aliphatic carbocycles. The number of anilines is 1. The van der Waals surface area contributed by atoms with Crippen molar-refractivity contribution in [3.05, 3.63) is 38.4 Å². The van der Waals surface area contributed by atoms with E-state index in [1.54, 1.807) is 11.3 Å². The zero-order chi connectivity index (χ0) is 18.3. The number of carbonyl (C=O) groups excluding carboxylic acids is 2. The van der Waals surface area contributed by atoms with Crippen molar-refractivity contribution in [2.24, 2.45) is 5.73 Å². The first kappa shape index (κ1) is 17.7. The number of fused-ring (bicyclic) bond motifs is 1. The summed E-state index contributed by atoms with van der Waals surface area (Å²) in [6.07, 6.45) is 5.08. The number of nitrogens with one attached hydrogen (secondary N) is 1. The van der Waals surface area contributed by atoms with E-state index in [1.807, 2.05) is 6.92 Å². The standard InChI is InChI=1S/C19H23N3O2S2/c1-11(22-9-3-6-13(22)15-8-4-10-25-15)18(24)21-19-16(17(20)23)12-5-2-7-14(12)26-19/h4,8,10-11,13H,2-3,5-7,9H2,1H3,(H2,20,23)(H,21,24)/t11-,13-/m0/s1. The number of amides is 2. The second-order valence-corrected chi connectivity index (χ2v) is 9.09. The van der Waals surface area contributed by atoms with E-state index >= 15 is 0 Å². The molecule has 1 saturated heterocycles. The Bertz CT molecular complexity index is 828. The van der Waals surface area contributed by atoms with Gasteiger partial charge in [-0.25, -0.2) is 0 Å². The van der Waals surface area contributed by atoms with Crippen LogP contribution in [0, 0.1) is 0 Å². The third kappa shape index (κ3) is 3.08. The van der Waals surface area contributed by atoms with E-state index in [2.05, 4.69) is 27.7 Å². The molecule has 138 valence electrons. The lowest BCUT2D eigenvalue weighted by molar-refractivity contribution is -0.121. The number of hydrogen-bond acceptors (Lipinski definition) is 5. The van der Waals surface area contributed by atoms with Gasteiger partial charge in [0.15, 0.2) is 0 Å². The average molecular weight is 390 g/mol. The van der Waals surface area contributed by atoms with Crippen molar-refractivity contribution in [1.82, 2.24) is 4.90 Å². The van der Waals surface area contributed by atoms with Crippen LogP contribution in [0.25, 0.3) is 0 Å². The monoisotopic (exact) mass is 389 g/mol. The van der Waals surface area contributed by atoms with Crippen molar-refractivity contribution in [2.75, 3.05) is 11.9 Å². The molecule has 0 radical (unpaired) electrons. The van der Waals surface area contributed by atoms with Crippen LogP contribution >= 0.6 is 22.7 Å². The Morgan fingerprint density at radius 1 is 1.35 bits per heavy atom. The summed E-state index contributed by atoms with van der Waals surface area (Å²) in [7, 11) is 0. The van der Waals surface area contributed by atoms with Gasteiger partial charge in [0.25, 0.3) is 5.91 Å². The second-order valence-electron chi connectivity index (χ2n) is 7.00. The van der Waals surface area contributed by atoms with E-state index in [4.69, 9.17) is 5.73 Å². The Hall–Kier alpha value is -1.70. The first-order valence-electron chi connectivity index (χ1n) is 9.10. The largest absolute Gasteiger partial charge is 0.365 e. The highest BCUT2D eigenvalue weighted by atomic mass is 32.1. The fourth-order valence-corrected chi connectivity index (χ4v) is 6.34. The maximum absolute atomic E-state index is 12.9. The summed E-state index contributed by atoms with van der Waals surface area (Å²) >= 11 is 3.26. The molecule has 2 aliphatic rings. The van der Waals surface area contributed by atoms with Crippen LogP contribution in [0.3, 0.4) is 0 Å². The summed E-state index contributed by atoms with van der Waals surface area (Å²) in [6, 6.07) is 4.27. The lowest BCUT2D eigenvalue weighted by Crippen LogP contribution is -2.41. The quantitative estimate of drug-likeness (QED) is 0.821. The molecule has 0 unspecified atom stereocenters. The van der Waals surface area contributed by atoms with Gasteiger partial charge in [0.1, 0.15) is 5.00 Å². The van der Waals surface area contributed by atoms with E-state index < -0.39 is 5.91 Å². The van der Waals surface area contributed by atoms with E-state index in [0.29, 0.717) is 16.6 Å². The smallest absolute Gasteiger partial charge is 0.251 e. The normalized spacial score (nSPS) is 20.9. The molecule has 0 aromatic carbocycles. The predicted molar refractivity (Wildman–Crippen MR) is 106 cm³/mol. The first-order valence-corrected chi connectivity index (χ1v) is 10.8. The Kier molecular flexibility index (Phi) is 4.86. The maximum Gasteiger partial charge on any atom is 0.251 e. The van der Waals surface area contributed by atoms with E-state index in [1.165, 1.54) is 21.1 Å². The number of rotatable bonds is 5. The van der Waals surface area contributed by atoms with Gasteiger partial charge in [0.05, 0.1) is 11.6 Å². The first-order chi connectivity index (χ1) is 12.6. The summed E-state index contributed by atoms with van der Waals surface area (Å²) in [5.74, 6) is -0.499. The summed E-state index contributed by atoms with van der Waals surface area (Å²) in [5.41, 5.74) is 7.17. The van der Waals surface area contributed by atoms with Crippen LogP contribution in [0.4, 0.5) is 5.00 Å². The number of nitrogens with zero attached hydrogens (tertiary/aromatic N) is 1. The minimum atomic E-state index is -0.440. The molecule has 5 nitrogen and oxygen atoms in total. The van der Waals surface area contributed by atoms with Gasteiger partial charge in [-0.2, -0.15) is 0 Å². The zero-order valence-corrected chi connectivity index (χ0v) is 16.4. The van der Waals surface area contributed by atoms with Crippen molar-refractivity contribution >= 4 is 39.5 Å². The van der Waals surface area contributed by atoms with Gasteiger partial charge in [0, 0.05) is 15.8 Å². The topological polar surface area (TPSA) is 75.4 Å². The number of likely N-dealkylation sites (tertiary alicyclic amines) is 1. The highest BCUT2D eigenvalue weighted by molar-refractivity contribution is 7.17. The number of aryl methyl sites for hydroxylation is 1. The fourth-order valence-electron chi connectivity index (χ4n) is 4.16. The van der Waals surface area contributed by atoms with Crippen molar-refractivity contribution in [3.63, 3.8) is 0 Å². The number of thiophene rings is 2. The van der Waals surface area contributed by atoms with Gasteiger partial charge in [0.2, 0.25) is 5.91 Å². The van der Waals surface area contributed by atoms with Crippen LogP contribution in [0.2, 0.25) is 0 Å². The van der Waals surface area contributed by atoms with Gasteiger partial charge in [-0.15, -0.1) is 22.7 Å². The molecule has 0 spiro atoms. The van der Waals surface area contributed by atoms with Crippen LogP contribution in [-0.2, 0) is 17.6 Å². The zero-order valence-electron chi connectivity index (χ0n) is 14.8. The predicted octanol–water partition coefficient (Wildman–Crippen LogP) is 3.56. The van der Waals surface area contributed by atoms with Crippen molar-refractivity contribution in [1.29, 1.82) is 0 Å². The van der Waals surface area contributed by atoms with Crippen molar-refractivity contribution in [2.45, 2.75) is 51.1 Å². The average Bonchev–Trinajstić information content (AvgIpc) is 3.35. The summed E-state index contributed by atoms with van der Waals surface area (Å²) < 4.78 is 0. The lowest BCUT2D eigenvalue weighted by atomic mass is 10.1. The lowest BCUT2D eigenvalue weighted by Gasteiger charge is -2.29. The third-order valence-electron chi connectivity index (χ3n) is 5.45. The summed E-state index contributed by atoms with van der Waals surface area (Å²) in [5, 5.41) is 5.72.